The normalized spacial score (nSPS) is 24.5. The van der Waals surface area contributed by atoms with Crippen LogP contribution < -0.4 is 16.1 Å². The Labute approximate surface area is 80.1 Å². The highest BCUT2D eigenvalue weighted by Crippen LogP contribution is 2.05. The topological polar surface area (TPSA) is 96.5 Å². The first kappa shape index (κ1) is 10.5. The molecule has 0 aromatic heterocycles. The molecule has 1 fully saturated rings. The summed E-state index contributed by atoms with van der Waals surface area (Å²) in [5.41, 5.74) is 2.12. The van der Waals surface area contributed by atoms with Crippen molar-refractivity contribution in [2.75, 3.05) is 6.61 Å². The standard InChI is InChI=1S/C7H11N3O4/c1-4(12)10-14-2-5-6(8-3-11)7(13)9-5/h3,5-6H,2H2,1H3,(H,8,11)(H,9,13)(H,10,12)/t5-,6+/m1/s1. The van der Waals surface area contributed by atoms with Gasteiger partial charge in [-0.15, -0.1) is 0 Å². The van der Waals surface area contributed by atoms with E-state index in [1.165, 1.54) is 6.92 Å². The quantitative estimate of drug-likeness (QED) is 0.264. The molecule has 2 atom stereocenters. The van der Waals surface area contributed by atoms with Gasteiger partial charge in [0, 0.05) is 6.92 Å². The molecule has 0 unspecified atom stereocenters. The zero-order valence-electron chi connectivity index (χ0n) is 7.57. The lowest BCUT2D eigenvalue weighted by Gasteiger charge is -2.35. The Balaban J connectivity index is 2.22. The van der Waals surface area contributed by atoms with Crippen LogP contribution in [0.1, 0.15) is 6.92 Å². The van der Waals surface area contributed by atoms with E-state index in [1.54, 1.807) is 0 Å². The summed E-state index contributed by atoms with van der Waals surface area (Å²) < 4.78 is 0. The summed E-state index contributed by atoms with van der Waals surface area (Å²) >= 11 is 0. The van der Waals surface area contributed by atoms with Gasteiger partial charge in [0.2, 0.25) is 18.2 Å². The van der Waals surface area contributed by atoms with E-state index < -0.39 is 6.04 Å². The van der Waals surface area contributed by atoms with E-state index in [9.17, 15) is 14.4 Å². The Morgan fingerprint density at radius 3 is 2.93 bits per heavy atom. The Bertz CT molecular complexity index is 255. The summed E-state index contributed by atoms with van der Waals surface area (Å²) in [6.07, 6.45) is 0.453. The minimum atomic E-state index is -0.568. The molecule has 0 saturated carbocycles. The second-order valence-electron chi connectivity index (χ2n) is 2.85. The smallest absolute Gasteiger partial charge is 0.245 e. The van der Waals surface area contributed by atoms with E-state index in [4.69, 9.17) is 4.84 Å². The Morgan fingerprint density at radius 2 is 2.43 bits per heavy atom. The van der Waals surface area contributed by atoms with Crippen LogP contribution >= 0.6 is 0 Å². The summed E-state index contributed by atoms with van der Waals surface area (Å²) in [6, 6.07) is -0.860. The van der Waals surface area contributed by atoms with E-state index in [2.05, 4.69) is 16.1 Å². The highest BCUT2D eigenvalue weighted by molar-refractivity contribution is 5.90. The number of carbonyl (C=O) groups is 3. The van der Waals surface area contributed by atoms with Crippen LogP contribution in [-0.4, -0.2) is 36.9 Å². The first-order chi connectivity index (χ1) is 6.65. The number of hydrogen-bond donors (Lipinski definition) is 3. The van der Waals surface area contributed by atoms with Gasteiger partial charge in [0.25, 0.3) is 0 Å². The molecule has 0 aromatic rings. The molecule has 78 valence electrons. The van der Waals surface area contributed by atoms with Crippen LogP contribution in [0.5, 0.6) is 0 Å². The van der Waals surface area contributed by atoms with Crippen molar-refractivity contribution in [1.29, 1.82) is 0 Å². The molecule has 3 N–H and O–H groups in total. The first-order valence-corrected chi connectivity index (χ1v) is 4.03. The number of hydroxylamine groups is 1. The number of hydrogen-bond acceptors (Lipinski definition) is 4. The predicted molar refractivity (Wildman–Crippen MR) is 44.7 cm³/mol. The van der Waals surface area contributed by atoms with E-state index in [0.717, 1.165) is 0 Å². The first-order valence-electron chi connectivity index (χ1n) is 4.03. The van der Waals surface area contributed by atoms with Gasteiger partial charge in [0.05, 0.1) is 12.6 Å². The van der Waals surface area contributed by atoms with Crippen LogP contribution in [0, 0.1) is 0 Å². The molecule has 0 bridgehead atoms. The van der Waals surface area contributed by atoms with Gasteiger partial charge in [-0.1, -0.05) is 0 Å². The SMILES string of the molecule is CC(=O)NOC[C@H]1NC(=O)[C@H]1NC=O. The van der Waals surface area contributed by atoms with Crippen LogP contribution in [0.15, 0.2) is 0 Å². The van der Waals surface area contributed by atoms with Gasteiger partial charge in [-0.25, -0.2) is 5.48 Å². The second-order valence-corrected chi connectivity index (χ2v) is 2.85. The van der Waals surface area contributed by atoms with Crippen LogP contribution in [0.3, 0.4) is 0 Å². The Kier molecular flexibility index (Phi) is 3.41. The fraction of sp³-hybridized carbons (Fsp3) is 0.571. The number of nitrogens with one attached hydrogen (secondary N) is 3. The summed E-state index contributed by atoms with van der Waals surface area (Å²) in [5, 5.41) is 4.85. The van der Waals surface area contributed by atoms with Crippen LogP contribution in [0.4, 0.5) is 0 Å². The zero-order valence-corrected chi connectivity index (χ0v) is 7.57. The summed E-state index contributed by atoms with van der Waals surface area (Å²) in [7, 11) is 0. The molecule has 0 aliphatic carbocycles. The molecule has 1 rings (SSSR count). The van der Waals surface area contributed by atoms with Crippen LogP contribution in [0.25, 0.3) is 0 Å². The lowest BCUT2D eigenvalue weighted by Crippen LogP contribution is -2.69. The van der Waals surface area contributed by atoms with Gasteiger partial charge < -0.3 is 10.6 Å². The van der Waals surface area contributed by atoms with Crippen molar-refractivity contribution < 1.29 is 19.2 Å². The van der Waals surface area contributed by atoms with Crippen molar-refractivity contribution in [1.82, 2.24) is 16.1 Å². The summed E-state index contributed by atoms with van der Waals surface area (Å²) in [6.45, 7) is 1.43. The average molecular weight is 201 g/mol. The van der Waals surface area contributed by atoms with Crippen molar-refractivity contribution in [2.45, 2.75) is 19.0 Å². The summed E-state index contributed by atoms with van der Waals surface area (Å²) in [5.74, 6) is -0.580. The van der Waals surface area contributed by atoms with E-state index in [0.29, 0.717) is 6.41 Å². The molecule has 14 heavy (non-hydrogen) atoms. The monoisotopic (exact) mass is 201 g/mol. The van der Waals surface area contributed by atoms with Crippen LogP contribution in [-0.2, 0) is 19.2 Å². The molecule has 1 aliphatic rings. The highest BCUT2D eigenvalue weighted by Gasteiger charge is 2.39. The maximum Gasteiger partial charge on any atom is 0.245 e. The number of β-lactam (4-membered cyclic amide) rings is 1. The molecule has 1 heterocycles. The minimum absolute atomic E-state index is 0.122. The van der Waals surface area contributed by atoms with E-state index in [1.807, 2.05) is 0 Å². The lowest BCUT2D eigenvalue weighted by atomic mass is 10.0. The highest BCUT2D eigenvalue weighted by atomic mass is 16.7. The fourth-order valence-electron chi connectivity index (χ4n) is 1.08. The van der Waals surface area contributed by atoms with Gasteiger partial charge in [-0.3, -0.25) is 19.2 Å². The van der Waals surface area contributed by atoms with Crippen LogP contribution in [0.2, 0.25) is 0 Å². The maximum atomic E-state index is 10.9. The molecule has 3 amide bonds. The number of amides is 3. The van der Waals surface area contributed by atoms with E-state index >= 15 is 0 Å². The third-order valence-corrected chi connectivity index (χ3v) is 1.74. The molecular formula is C7H11N3O4. The van der Waals surface area contributed by atoms with Crippen molar-refractivity contribution in [3.63, 3.8) is 0 Å². The zero-order chi connectivity index (χ0) is 10.6. The molecular weight excluding hydrogens is 190 g/mol. The average Bonchev–Trinajstić information content (AvgIpc) is 2.12. The minimum Gasteiger partial charge on any atom is -0.346 e. The summed E-state index contributed by atoms with van der Waals surface area (Å²) in [4.78, 5) is 36.1. The van der Waals surface area contributed by atoms with Gasteiger partial charge in [-0.2, -0.15) is 0 Å². The number of carbonyl (C=O) groups excluding carboxylic acids is 3. The van der Waals surface area contributed by atoms with Gasteiger partial charge in [-0.05, 0) is 0 Å². The Hall–Kier alpha value is -1.63. The fourth-order valence-corrected chi connectivity index (χ4v) is 1.08. The third-order valence-electron chi connectivity index (χ3n) is 1.74. The molecule has 0 aromatic carbocycles. The molecule has 1 saturated heterocycles. The largest absolute Gasteiger partial charge is 0.346 e. The van der Waals surface area contributed by atoms with Crippen molar-refractivity contribution in [2.24, 2.45) is 0 Å². The Morgan fingerprint density at radius 1 is 1.71 bits per heavy atom. The van der Waals surface area contributed by atoms with Gasteiger partial charge in [0.15, 0.2) is 0 Å². The maximum absolute atomic E-state index is 10.9. The molecule has 1 aliphatic heterocycles. The molecule has 0 spiro atoms. The van der Waals surface area contributed by atoms with E-state index in [-0.39, 0.29) is 24.5 Å². The van der Waals surface area contributed by atoms with Gasteiger partial charge >= 0.3 is 0 Å². The molecule has 0 radical (unpaired) electrons. The molecule has 7 heteroatoms. The number of rotatable bonds is 5. The predicted octanol–water partition coefficient (Wildman–Crippen LogP) is -2.33. The second kappa shape index (κ2) is 4.56. The van der Waals surface area contributed by atoms with Crippen molar-refractivity contribution >= 4 is 18.2 Å². The molecule has 7 nitrogen and oxygen atoms in total. The lowest BCUT2D eigenvalue weighted by molar-refractivity contribution is -0.140. The van der Waals surface area contributed by atoms with Crippen molar-refractivity contribution in [3.8, 4) is 0 Å². The van der Waals surface area contributed by atoms with Gasteiger partial charge in [0.1, 0.15) is 6.04 Å². The third kappa shape index (κ3) is 2.43. The van der Waals surface area contributed by atoms with Crippen molar-refractivity contribution in [3.05, 3.63) is 0 Å².